The summed E-state index contributed by atoms with van der Waals surface area (Å²) in [6.07, 6.45) is 3.32. The van der Waals surface area contributed by atoms with E-state index in [1.165, 1.54) is 12.1 Å². The zero-order valence-corrected chi connectivity index (χ0v) is 12.1. The minimum atomic E-state index is -1.08. The number of anilines is 1. The van der Waals surface area contributed by atoms with E-state index in [9.17, 15) is 14.9 Å². The molecule has 2 rings (SSSR count). The summed E-state index contributed by atoms with van der Waals surface area (Å²) in [5.41, 5.74) is 1.26. The van der Waals surface area contributed by atoms with Gasteiger partial charge in [-0.25, -0.2) is 4.79 Å². The van der Waals surface area contributed by atoms with Crippen molar-refractivity contribution in [3.05, 3.63) is 40.0 Å². The Balaban J connectivity index is 2.34. The molecule has 0 spiro atoms. The minimum Gasteiger partial charge on any atom is -0.478 e. The van der Waals surface area contributed by atoms with Crippen LogP contribution in [0.25, 0.3) is 6.08 Å². The van der Waals surface area contributed by atoms with Gasteiger partial charge < -0.3 is 10.0 Å². The van der Waals surface area contributed by atoms with Crippen LogP contribution in [0.15, 0.2) is 24.3 Å². The summed E-state index contributed by atoms with van der Waals surface area (Å²) in [4.78, 5) is 23.4. The van der Waals surface area contributed by atoms with Crippen LogP contribution in [-0.4, -0.2) is 29.1 Å². The summed E-state index contributed by atoms with van der Waals surface area (Å²) in [5.74, 6) is -1.08. The average molecular weight is 290 g/mol. The van der Waals surface area contributed by atoms with Crippen LogP contribution < -0.4 is 4.90 Å². The Labute approximate surface area is 122 Å². The Kier molecular flexibility index (Phi) is 3.97. The zero-order chi connectivity index (χ0) is 15.6. The van der Waals surface area contributed by atoms with Crippen molar-refractivity contribution in [2.75, 3.05) is 18.0 Å². The SMILES string of the molecule is CC1(C)CCN(c2ccc(/C=C/C(=O)O)cc2[N+](=O)[O-])C1. The monoisotopic (exact) mass is 290 g/mol. The summed E-state index contributed by atoms with van der Waals surface area (Å²) in [7, 11) is 0. The van der Waals surface area contributed by atoms with Gasteiger partial charge in [-0.3, -0.25) is 10.1 Å². The molecular weight excluding hydrogens is 272 g/mol. The fourth-order valence-electron chi connectivity index (χ4n) is 2.54. The van der Waals surface area contributed by atoms with Crippen molar-refractivity contribution in [2.45, 2.75) is 20.3 Å². The van der Waals surface area contributed by atoms with Crippen LogP contribution in [0.1, 0.15) is 25.8 Å². The highest BCUT2D eigenvalue weighted by Crippen LogP contribution is 2.37. The number of hydrogen-bond donors (Lipinski definition) is 1. The van der Waals surface area contributed by atoms with E-state index in [-0.39, 0.29) is 11.1 Å². The topological polar surface area (TPSA) is 83.7 Å². The molecule has 0 amide bonds. The first-order chi connectivity index (χ1) is 9.78. The summed E-state index contributed by atoms with van der Waals surface area (Å²) in [6.45, 7) is 5.85. The van der Waals surface area contributed by atoms with Crippen molar-refractivity contribution >= 4 is 23.4 Å². The second-order valence-corrected chi connectivity index (χ2v) is 6.01. The molecule has 0 aromatic heterocycles. The fourth-order valence-corrected chi connectivity index (χ4v) is 2.54. The number of carboxylic acid groups (broad SMARTS) is 1. The highest BCUT2D eigenvalue weighted by molar-refractivity contribution is 5.85. The van der Waals surface area contributed by atoms with E-state index in [1.54, 1.807) is 12.1 Å². The standard InChI is InChI=1S/C15H18N2O4/c1-15(2)7-8-16(10-15)12-5-3-11(4-6-14(18)19)9-13(12)17(20)21/h3-6,9H,7-8,10H2,1-2H3,(H,18,19)/b6-4+. The molecule has 1 N–H and O–H groups in total. The van der Waals surface area contributed by atoms with E-state index < -0.39 is 10.9 Å². The van der Waals surface area contributed by atoms with Gasteiger partial charge in [-0.05, 0) is 29.5 Å². The Hall–Kier alpha value is -2.37. The summed E-state index contributed by atoms with van der Waals surface area (Å²) < 4.78 is 0. The molecule has 0 bridgehead atoms. The maximum absolute atomic E-state index is 11.3. The van der Waals surface area contributed by atoms with Crippen molar-refractivity contribution in [1.29, 1.82) is 0 Å². The molecule has 0 saturated carbocycles. The second kappa shape index (κ2) is 5.55. The fraction of sp³-hybridized carbons (Fsp3) is 0.400. The van der Waals surface area contributed by atoms with Gasteiger partial charge in [-0.15, -0.1) is 0 Å². The summed E-state index contributed by atoms with van der Waals surface area (Å²) in [5, 5.41) is 19.9. The Morgan fingerprint density at radius 3 is 2.71 bits per heavy atom. The van der Waals surface area contributed by atoms with E-state index in [4.69, 9.17) is 5.11 Å². The molecule has 0 atom stereocenters. The van der Waals surface area contributed by atoms with Crippen molar-refractivity contribution in [1.82, 2.24) is 0 Å². The lowest BCUT2D eigenvalue weighted by atomic mass is 9.93. The first-order valence-corrected chi connectivity index (χ1v) is 6.73. The molecule has 1 aliphatic rings. The number of hydrogen-bond acceptors (Lipinski definition) is 4. The summed E-state index contributed by atoms with van der Waals surface area (Å²) in [6, 6.07) is 4.81. The normalized spacial score (nSPS) is 17.3. The average Bonchev–Trinajstić information content (AvgIpc) is 2.76. The molecule has 21 heavy (non-hydrogen) atoms. The van der Waals surface area contributed by atoms with Crippen LogP contribution in [-0.2, 0) is 4.79 Å². The molecular formula is C15H18N2O4. The number of nitro groups is 1. The lowest BCUT2D eigenvalue weighted by Crippen LogP contribution is -2.23. The quantitative estimate of drug-likeness (QED) is 0.523. The molecule has 112 valence electrons. The van der Waals surface area contributed by atoms with Crippen LogP contribution in [0, 0.1) is 15.5 Å². The van der Waals surface area contributed by atoms with E-state index in [1.807, 2.05) is 4.90 Å². The predicted molar refractivity (Wildman–Crippen MR) is 80.4 cm³/mol. The predicted octanol–water partition coefficient (Wildman–Crippen LogP) is 2.93. The Bertz CT molecular complexity index is 608. The lowest BCUT2D eigenvalue weighted by molar-refractivity contribution is -0.384. The second-order valence-electron chi connectivity index (χ2n) is 6.01. The van der Waals surface area contributed by atoms with Gasteiger partial charge in [0.2, 0.25) is 0 Å². The highest BCUT2D eigenvalue weighted by Gasteiger charge is 2.32. The van der Waals surface area contributed by atoms with Gasteiger partial charge >= 0.3 is 5.97 Å². The van der Waals surface area contributed by atoms with E-state index >= 15 is 0 Å². The molecule has 0 radical (unpaired) electrons. The molecule has 1 saturated heterocycles. The van der Waals surface area contributed by atoms with Crippen LogP contribution in [0.3, 0.4) is 0 Å². The number of carboxylic acids is 1. The van der Waals surface area contributed by atoms with Crippen molar-refractivity contribution in [3.63, 3.8) is 0 Å². The third kappa shape index (κ3) is 3.59. The first kappa shape index (κ1) is 15.0. The number of aliphatic carboxylic acids is 1. The number of benzene rings is 1. The van der Waals surface area contributed by atoms with Crippen LogP contribution in [0.2, 0.25) is 0 Å². The van der Waals surface area contributed by atoms with Gasteiger partial charge in [0.05, 0.1) is 4.92 Å². The van der Waals surface area contributed by atoms with Gasteiger partial charge in [-0.2, -0.15) is 0 Å². The largest absolute Gasteiger partial charge is 0.478 e. The highest BCUT2D eigenvalue weighted by atomic mass is 16.6. The van der Waals surface area contributed by atoms with Gasteiger partial charge in [0.1, 0.15) is 5.69 Å². The first-order valence-electron chi connectivity index (χ1n) is 6.73. The van der Waals surface area contributed by atoms with Gasteiger partial charge in [0.15, 0.2) is 0 Å². The number of nitrogens with zero attached hydrogens (tertiary/aromatic N) is 2. The van der Waals surface area contributed by atoms with Gasteiger partial charge in [-0.1, -0.05) is 19.9 Å². The lowest BCUT2D eigenvalue weighted by Gasteiger charge is -2.21. The number of rotatable bonds is 4. The molecule has 1 aliphatic heterocycles. The Morgan fingerprint density at radius 1 is 1.48 bits per heavy atom. The van der Waals surface area contributed by atoms with Crippen molar-refractivity contribution in [2.24, 2.45) is 5.41 Å². The van der Waals surface area contributed by atoms with Crippen LogP contribution >= 0.6 is 0 Å². The van der Waals surface area contributed by atoms with E-state index in [2.05, 4.69) is 13.8 Å². The molecule has 1 aromatic carbocycles. The third-order valence-electron chi connectivity index (χ3n) is 3.63. The van der Waals surface area contributed by atoms with E-state index in [0.717, 1.165) is 25.6 Å². The van der Waals surface area contributed by atoms with Crippen LogP contribution in [0.4, 0.5) is 11.4 Å². The molecule has 0 aliphatic carbocycles. The maximum atomic E-state index is 11.3. The Morgan fingerprint density at radius 2 is 2.19 bits per heavy atom. The molecule has 6 heteroatoms. The minimum absolute atomic E-state index is 0.0141. The third-order valence-corrected chi connectivity index (χ3v) is 3.63. The molecule has 1 aromatic rings. The zero-order valence-electron chi connectivity index (χ0n) is 12.1. The van der Waals surface area contributed by atoms with Crippen molar-refractivity contribution < 1.29 is 14.8 Å². The summed E-state index contributed by atoms with van der Waals surface area (Å²) >= 11 is 0. The number of carbonyl (C=O) groups is 1. The maximum Gasteiger partial charge on any atom is 0.328 e. The molecule has 1 fully saturated rings. The number of nitro benzene ring substituents is 1. The molecule has 0 unspecified atom stereocenters. The molecule has 6 nitrogen and oxygen atoms in total. The van der Waals surface area contributed by atoms with E-state index in [0.29, 0.717) is 11.3 Å². The molecule has 1 heterocycles. The van der Waals surface area contributed by atoms with Crippen LogP contribution in [0.5, 0.6) is 0 Å². The smallest absolute Gasteiger partial charge is 0.328 e. The van der Waals surface area contributed by atoms with Crippen molar-refractivity contribution in [3.8, 4) is 0 Å². The van der Waals surface area contributed by atoms with Gasteiger partial charge in [0, 0.05) is 25.2 Å². The van der Waals surface area contributed by atoms with Gasteiger partial charge in [0.25, 0.3) is 5.69 Å².